The Bertz CT molecular complexity index is 1290. The van der Waals surface area contributed by atoms with Crippen LogP contribution >= 0.6 is 31.9 Å². The molecule has 8 heteroatoms. The molecule has 2 aliphatic rings. The van der Waals surface area contributed by atoms with Crippen molar-refractivity contribution in [2.45, 2.75) is 51.7 Å². The first-order valence-electron chi connectivity index (χ1n) is 12.7. The number of carbonyl (C=O) groups is 2. The molecule has 0 saturated carbocycles. The maximum Gasteiger partial charge on any atom is 0.408 e. The number of amides is 2. The van der Waals surface area contributed by atoms with Gasteiger partial charge in [0.1, 0.15) is 11.6 Å². The Kier molecular flexibility index (Phi) is 9.15. The van der Waals surface area contributed by atoms with Crippen LogP contribution in [0, 0.1) is 0 Å². The minimum absolute atomic E-state index is 0.133. The van der Waals surface area contributed by atoms with Crippen LogP contribution in [0.5, 0.6) is 0 Å². The van der Waals surface area contributed by atoms with Gasteiger partial charge < -0.3 is 20.3 Å². The molecule has 2 aliphatic heterocycles. The van der Waals surface area contributed by atoms with Gasteiger partial charge in [-0.05, 0) is 74.6 Å². The summed E-state index contributed by atoms with van der Waals surface area (Å²) >= 11 is 6.90. The van der Waals surface area contributed by atoms with E-state index in [0.29, 0.717) is 13.0 Å². The molecule has 0 bridgehead atoms. The third-order valence-electron chi connectivity index (χ3n) is 6.26. The van der Waals surface area contributed by atoms with Crippen LogP contribution in [-0.4, -0.2) is 36.7 Å². The van der Waals surface area contributed by atoms with Gasteiger partial charge in [0.05, 0.1) is 0 Å². The van der Waals surface area contributed by atoms with Crippen molar-refractivity contribution in [3.05, 3.63) is 92.4 Å². The van der Waals surface area contributed by atoms with E-state index < -0.39 is 17.7 Å². The van der Waals surface area contributed by atoms with Crippen molar-refractivity contribution in [3.8, 4) is 0 Å². The van der Waals surface area contributed by atoms with Crippen LogP contribution in [-0.2, 0) is 28.8 Å². The van der Waals surface area contributed by atoms with Gasteiger partial charge in [0.25, 0.3) is 0 Å². The lowest BCUT2D eigenvalue weighted by molar-refractivity contribution is -0.120. The Hall–Kier alpha value is -2.84. The SMILES string of the molecule is Brc1ccc2c(c1)NCC2.CC(C)(C)OC(=O)N[C@@H](Cc1ccccc1)C(=O)N1CCc2ccc(Br)cc21. The smallest absolute Gasteiger partial charge is 0.408 e. The number of rotatable bonds is 4. The molecule has 0 aromatic heterocycles. The number of hydrogen-bond donors (Lipinski definition) is 2. The van der Waals surface area contributed by atoms with E-state index in [9.17, 15) is 9.59 Å². The predicted octanol–water partition coefficient (Wildman–Crippen LogP) is 6.89. The largest absolute Gasteiger partial charge is 0.444 e. The van der Waals surface area contributed by atoms with Crippen molar-refractivity contribution < 1.29 is 14.3 Å². The number of alkyl carbamates (subject to hydrolysis) is 1. The first-order chi connectivity index (χ1) is 18.1. The highest BCUT2D eigenvalue weighted by Crippen LogP contribution is 2.31. The van der Waals surface area contributed by atoms with Crippen LogP contribution < -0.4 is 15.5 Å². The number of anilines is 2. The van der Waals surface area contributed by atoms with Crippen molar-refractivity contribution in [1.29, 1.82) is 0 Å². The molecule has 2 N–H and O–H groups in total. The molecule has 0 unspecified atom stereocenters. The maximum atomic E-state index is 13.4. The first-order valence-corrected chi connectivity index (χ1v) is 14.3. The van der Waals surface area contributed by atoms with Gasteiger partial charge >= 0.3 is 6.09 Å². The average molecular weight is 643 g/mol. The number of nitrogens with one attached hydrogen (secondary N) is 2. The molecule has 6 nitrogen and oxygen atoms in total. The number of fused-ring (bicyclic) bond motifs is 2. The van der Waals surface area contributed by atoms with E-state index in [1.807, 2.05) is 48.5 Å². The third kappa shape index (κ3) is 7.60. The minimum Gasteiger partial charge on any atom is -0.444 e. The van der Waals surface area contributed by atoms with Crippen LogP contribution in [0.2, 0.25) is 0 Å². The van der Waals surface area contributed by atoms with Crippen molar-refractivity contribution in [3.63, 3.8) is 0 Å². The molecule has 0 radical (unpaired) electrons. The highest BCUT2D eigenvalue weighted by atomic mass is 79.9. The molecular formula is C30H33Br2N3O3. The molecule has 2 heterocycles. The summed E-state index contributed by atoms with van der Waals surface area (Å²) in [6.07, 6.45) is 1.79. The van der Waals surface area contributed by atoms with Crippen LogP contribution in [0.3, 0.4) is 0 Å². The number of benzene rings is 3. The summed E-state index contributed by atoms with van der Waals surface area (Å²) in [5, 5.41) is 6.09. The topological polar surface area (TPSA) is 70.7 Å². The number of hydrogen-bond acceptors (Lipinski definition) is 4. The predicted molar refractivity (Wildman–Crippen MR) is 160 cm³/mol. The molecule has 5 rings (SSSR count). The molecule has 3 aromatic rings. The highest BCUT2D eigenvalue weighted by molar-refractivity contribution is 9.10. The highest BCUT2D eigenvalue weighted by Gasteiger charge is 2.32. The summed E-state index contributed by atoms with van der Waals surface area (Å²) in [6, 6.07) is 21.3. The average Bonchev–Trinajstić information content (AvgIpc) is 3.49. The second kappa shape index (κ2) is 12.3. The van der Waals surface area contributed by atoms with E-state index in [1.54, 1.807) is 25.7 Å². The molecule has 38 heavy (non-hydrogen) atoms. The third-order valence-corrected chi connectivity index (χ3v) is 7.25. The summed E-state index contributed by atoms with van der Waals surface area (Å²) in [4.78, 5) is 27.5. The van der Waals surface area contributed by atoms with Gasteiger partial charge in [0.2, 0.25) is 5.91 Å². The minimum atomic E-state index is -0.706. The summed E-state index contributed by atoms with van der Waals surface area (Å²) in [6.45, 7) is 7.09. The van der Waals surface area contributed by atoms with Crippen LogP contribution in [0.25, 0.3) is 0 Å². The maximum absolute atomic E-state index is 13.4. The van der Waals surface area contributed by atoms with Crippen LogP contribution in [0.1, 0.15) is 37.5 Å². The lowest BCUT2D eigenvalue weighted by Crippen LogP contribution is -2.50. The van der Waals surface area contributed by atoms with Gasteiger partial charge in [-0.25, -0.2) is 4.79 Å². The second-order valence-electron chi connectivity index (χ2n) is 10.4. The fraction of sp³-hybridized carbons (Fsp3) is 0.333. The summed E-state index contributed by atoms with van der Waals surface area (Å²) in [5.74, 6) is -0.133. The molecule has 0 saturated heterocycles. The molecule has 2 amide bonds. The summed E-state index contributed by atoms with van der Waals surface area (Å²) < 4.78 is 7.45. The van der Waals surface area contributed by atoms with Gasteiger partial charge in [0, 0.05) is 39.8 Å². The van der Waals surface area contributed by atoms with Crippen molar-refractivity contribution in [2.75, 3.05) is 23.3 Å². The zero-order valence-corrected chi connectivity index (χ0v) is 25.1. The van der Waals surface area contributed by atoms with E-state index in [1.165, 1.54) is 17.7 Å². The Balaban J connectivity index is 0.000000278. The molecule has 0 aliphatic carbocycles. The van der Waals surface area contributed by atoms with Gasteiger partial charge in [-0.15, -0.1) is 0 Å². The Labute approximate surface area is 241 Å². The zero-order valence-electron chi connectivity index (χ0n) is 21.9. The zero-order chi connectivity index (χ0) is 27.3. The summed E-state index contributed by atoms with van der Waals surface area (Å²) in [7, 11) is 0. The van der Waals surface area contributed by atoms with Gasteiger partial charge in [-0.2, -0.15) is 0 Å². The van der Waals surface area contributed by atoms with E-state index in [-0.39, 0.29) is 5.91 Å². The van der Waals surface area contributed by atoms with Crippen molar-refractivity contribution in [1.82, 2.24) is 5.32 Å². The van der Waals surface area contributed by atoms with Crippen molar-refractivity contribution >= 4 is 55.2 Å². The van der Waals surface area contributed by atoms with E-state index in [4.69, 9.17) is 4.74 Å². The molecule has 0 fully saturated rings. The van der Waals surface area contributed by atoms with E-state index >= 15 is 0 Å². The monoisotopic (exact) mass is 641 g/mol. The fourth-order valence-corrected chi connectivity index (χ4v) is 5.24. The number of halogens is 2. The Morgan fingerprint density at radius 3 is 2.37 bits per heavy atom. The van der Waals surface area contributed by atoms with Gasteiger partial charge in [-0.3, -0.25) is 4.79 Å². The van der Waals surface area contributed by atoms with Gasteiger partial charge in [-0.1, -0.05) is 74.3 Å². The molecule has 3 aromatic carbocycles. The summed E-state index contributed by atoms with van der Waals surface area (Å²) in [5.41, 5.74) is 5.09. The fourth-order valence-electron chi connectivity index (χ4n) is 4.53. The van der Waals surface area contributed by atoms with Gasteiger partial charge in [0.15, 0.2) is 0 Å². The van der Waals surface area contributed by atoms with E-state index in [0.717, 1.165) is 38.7 Å². The van der Waals surface area contributed by atoms with Crippen molar-refractivity contribution in [2.24, 2.45) is 0 Å². The standard InChI is InChI=1S/C22H25BrN2O3.C8H8BrN/c1-22(2,3)28-21(27)24-18(13-15-7-5-4-6-8-15)20(26)25-12-11-16-9-10-17(23)14-19(16)25;9-7-2-1-6-3-4-10-8(6)5-7/h4-10,14,18H,11-13H2,1-3H3,(H,24,27);1-2,5,10H,3-4H2/t18-;/m0./s1. The van der Waals surface area contributed by atoms with Crippen LogP contribution in [0.4, 0.5) is 16.2 Å². The number of carbonyl (C=O) groups excluding carboxylic acids is 2. The molecular weight excluding hydrogens is 610 g/mol. The quantitative estimate of drug-likeness (QED) is 0.325. The Morgan fingerprint density at radius 2 is 1.66 bits per heavy atom. The number of ether oxygens (including phenoxy) is 1. The van der Waals surface area contributed by atoms with E-state index in [2.05, 4.69) is 60.7 Å². The lowest BCUT2D eigenvalue weighted by atomic mass is 10.0. The molecule has 200 valence electrons. The lowest BCUT2D eigenvalue weighted by Gasteiger charge is -2.27. The normalized spacial score (nSPS) is 14.4. The molecule has 1 atom stereocenters. The molecule has 0 spiro atoms. The second-order valence-corrected chi connectivity index (χ2v) is 12.2. The van der Waals surface area contributed by atoms with Crippen LogP contribution in [0.15, 0.2) is 75.7 Å². The Morgan fingerprint density at radius 1 is 0.974 bits per heavy atom. The number of nitrogens with zero attached hydrogens (tertiary/aromatic N) is 1. The first kappa shape index (κ1) is 28.2.